The number of amides is 2. The lowest BCUT2D eigenvalue weighted by Gasteiger charge is -2.18. The van der Waals surface area contributed by atoms with Gasteiger partial charge in [0.1, 0.15) is 5.75 Å². The summed E-state index contributed by atoms with van der Waals surface area (Å²) in [5.41, 5.74) is 6.94. The Morgan fingerprint density at radius 3 is 2.40 bits per heavy atom. The lowest BCUT2D eigenvalue weighted by Crippen LogP contribution is -2.46. The molecule has 10 nitrogen and oxygen atoms in total. The van der Waals surface area contributed by atoms with E-state index in [0.717, 1.165) is 0 Å². The molecule has 220 valence electrons. The first-order valence-corrected chi connectivity index (χ1v) is 14.9. The third kappa shape index (κ3) is 8.08. The first-order chi connectivity index (χ1) is 19.7. The highest BCUT2D eigenvalue weighted by atomic mass is 35.5. The maximum absolute atomic E-state index is 13.2. The van der Waals surface area contributed by atoms with Crippen LogP contribution in [0.4, 0.5) is 5.69 Å². The number of nitrogens with one attached hydrogen (secondary N) is 2. The molecule has 0 heterocycles. The summed E-state index contributed by atoms with van der Waals surface area (Å²) >= 11 is 12.1. The van der Waals surface area contributed by atoms with Crippen LogP contribution in [-0.4, -0.2) is 38.7 Å². The van der Waals surface area contributed by atoms with Gasteiger partial charge < -0.3 is 15.8 Å². The van der Waals surface area contributed by atoms with Crippen molar-refractivity contribution in [3.8, 4) is 11.8 Å². The van der Waals surface area contributed by atoms with Crippen LogP contribution in [0, 0.1) is 24.2 Å². The second-order valence-electron chi connectivity index (χ2n) is 9.50. The number of anilines is 1. The fraction of sp³-hybridized carbons (Fsp3) is 0.241. The molecule has 4 N–H and O–H groups in total. The van der Waals surface area contributed by atoms with Crippen molar-refractivity contribution in [3.05, 3.63) is 86.9 Å². The van der Waals surface area contributed by atoms with E-state index in [4.69, 9.17) is 33.7 Å². The second kappa shape index (κ2) is 13.8. The quantitative estimate of drug-likeness (QED) is 0.258. The van der Waals surface area contributed by atoms with E-state index < -0.39 is 40.3 Å². The number of carbonyl (C=O) groups excluding carboxylic acids is 3. The number of benzene rings is 3. The number of nitrogens with two attached hydrogens (primary N) is 1. The van der Waals surface area contributed by atoms with E-state index in [-0.39, 0.29) is 43.3 Å². The number of halogens is 2. The normalized spacial score (nSPS) is 12.5. The first-order valence-electron chi connectivity index (χ1n) is 12.7. The summed E-state index contributed by atoms with van der Waals surface area (Å²) in [6.45, 7) is 4.68. The predicted octanol–water partition coefficient (Wildman–Crippen LogP) is 4.60. The molecule has 0 aliphatic rings. The Labute approximate surface area is 253 Å². The molecular weight excluding hydrogens is 603 g/mol. The largest absolute Gasteiger partial charge is 0.483 e. The van der Waals surface area contributed by atoms with Crippen LogP contribution in [0.2, 0.25) is 10.0 Å². The Morgan fingerprint density at radius 2 is 1.76 bits per heavy atom. The molecule has 0 radical (unpaired) electrons. The molecule has 0 bridgehead atoms. The zero-order chi connectivity index (χ0) is 31.2. The highest BCUT2D eigenvalue weighted by Crippen LogP contribution is 2.27. The Morgan fingerprint density at radius 1 is 1.05 bits per heavy atom. The van der Waals surface area contributed by atoms with Gasteiger partial charge in [-0.25, -0.2) is 13.1 Å². The van der Waals surface area contributed by atoms with Crippen molar-refractivity contribution in [1.29, 1.82) is 5.26 Å². The van der Waals surface area contributed by atoms with Crippen LogP contribution >= 0.6 is 23.2 Å². The van der Waals surface area contributed by atoms with Crippen LogP contribution in [-0.2, 0) is 19.6 Å². The highest BCUT2D eigenvalue weighted by molar-refractivity contribution is 7.90. The summed E-state index contributed by atoms with van der Waals surface area (Å²) in [5.74, 6) is -2.06. The fourth-order valence-electron chi connectivity index (χ4n) is 3.79. The Kier molecular flexibility index (Phi) is 10.7. The molecule has 0 unspecified atom stereocenters. The molecule has 0 aromatic heterocycles. The average Bonchev–Trinajstić information content (AvgIpc) is 2.95. The lowest BCUT2D eigenvalue weighted by atomic mass is 10.00. The van der Waals surface area contributed by atoms with E-state index in [2.05, 4.69) is 5.32 Å². The zero-order valence-corrected chi connectivity index (χ0v) is 25.2. The highest BCUT2D eigenvalue weighted by Gasteiger charge is 2.26. The molecule has 42 heavy (non-hydrogen) atoms. The zero-order valence-electron chi connectivity index (χ0n) is 22.9. The fourth-order valence-corrected chi connectivity index (χ4v) is 5.30. The van der Waals surface area contributed by atoms with Crippen molar-refractivity contribution < 1.29 is 27.5 Å². The molecule has 2 amide bonds. The summed E-state index contributed by atoms with van der Waals surface area (Å²) in [6, 6.07) is 13.4. The van der Waals surface area contributed by atoms with Crippen LogP contribution in [0.15, 0.2) is 59.5 Å². The van der Waals surface area contributed by atoms with Crippen molar-refractivity contribution in [1.82, 2.24) is 4.72 Å². The maximum Gasteiger partial charge on any atom is 0.264 e. The summed E-state index contributed by atoms with van der Waals surface area (Å²) < 4.78 is 33.0. The van der Waals surface area contributed by atoms with Crippen molar-refractivity contribution in [2.45, 2.75) is 38.1 Å². The van der Waals surface area contributed by atoms with Gasteiger partial charge in [-0.15, -0.1) is 0 Å². The number of ether oxygens (including phenoxy) is 1. The summed E-state index contributed by atoms with van der Waals surface area (Å²) in [5, 5.41) is 12.3. The monoisotopic (exact) mass is 630 g/mol. The Balaban J connectivity index is 1.72. The first kappa shape index (κ1) is 32.6. The number of aryl methyl sites for hydroxylation is 1. The Bertz CT molecular complexity index is 1690. The smallest absolute Gasteiger partial charge is 0.264 e. The van der Waals surface area contributed by atoms with Crippen LogP contribution in [0.5, 0.6) is 5.75 Å². The molecule has 0 aliphatic heterocycles. The molecule has 0 spiro atoms. The molecule has 3 aromatic carbocycles. The van der Waals surface area contributed by atoms with Crippen LogP contribution in [0.25, 0.3) is 0 Å². The number of nitrogens with zero attached hydrogens (tertiary/aromatic N) is 1. The van der Waals surface area contributed by atoms with Crippen LogP contribution in [0.1, 0.15) is 47.3 Å². The number of nitriles is 1. The van der Waals surface area contributed by atoms with Crippen LogP contribution in [0.3, 0.4) is 0 Å². The summed E-state index contributed by atoms with van der Waals surface area (Å²) in [6.07, 6.45) is 0.604. The second-order valence-corrected chi connectivity index (χ2v) is 12.1. The van der Waals surface area contributed by atoms with Crippen molar-refractivity contribution >= 4 is 56.5 Å². The molecule has 3 rings (SSSR count). The van der Waals surface area contributed by atoms with Gasteiger partial charge in [-0.2, -0.15) is 5.26 Å². The van der Waals surface area contributed by atoms with Gasteiger partial charge in [-0.05, 0) is 73.0 Å². The molecule has 0 aliphatic carbocycles. The van der Waals surface area contributed by atoms with Gasteiger partial charge in [0, 0.05) is 21.3 Å². The average molecular weight is 632 g/mol. The standard InChI is InChI=1S/C29H28Cl2N4O6S/c1-4-16(2)27(33)29(38)35-42(39,40)22-6-7-24(17(3)9-22)34-26(36)15-41-25-8-5-20(30)13-23(25)28(37)19-10-18(14-32)11-21(31)12-19/h5-13,16,27H,4,15,33H2,1-3H3,(H,34,36)(H,35,38)/t16-,27+/m1/s1. The van der Waals surface area contributed by atoms with Gasteiger partial charge in [-0.3, -0.25) is 14.4 Å². The SMILES string of the molecule is CC[C@@H](C)[C@H](N)C(=O)NS(=O)(=O)c1ccc(NC(=O)COc2ccc(Cl)cc2C(=O)c2cc(Cl)cc(C#N)c2)c(C)c1. The number of ketones is 1. The molecule has 13 heteroatoms. The molecule has 0 fully saturated rings. The maximum atomic E-state index is 13.2. The van der Waals surface area contributed by atoms with E-state index in [0.29, 0.717) is 17.7 Å². The number of hydrogen-bond donors (Lipinski definition) is 3. The van der Waals surface area contributed by atoms with E-state index in [1.807, 2.05) is 17.7 Å². The third-order valence-corrected chi connectivity index (χ3v) is 8.21. The third-order valence-electron chi connectivity index (χ3n) is 6.41. The van der Waals surface area contributed by atoms with Crippen molar-refractivity contribution in [2.24, 2.45) is 11.7 Å². The number of carbonyl (C=O) groups is 3. The molecular formula is C29H28Cl2N4O6S. The van der Waals surface area contributed by atoms with Gasteiger partial charge in [-0.1, -0.05) is 43.5 Å². The minimum Gasteiger partial charge on any atom is -0.483 e. The van der Waals surface area contributed by atoms with Gasteiger partial charge >= 0.3 is 0 Å². The minimum absolute atomic E-state index is 0.0577. The molecule has 0 saturated carbocycles. The minimum atomic E-state index is -4.19. The molecule has 2 atom stereocenters. The molecule has 0 saturated heterocycles. The number of rotatable bonds is 11. The van der Waals surface area contributed by atoms with E-state index in [1.165, 1.54) is 54.6 Å². The van der Waals surface area contributed by atoms with Gasteiger partial charge in [0.05, 0.1) is 28.1 Å². The summed E-state index contributed by atoms with van der Waals surface area (Å²) in [4.78, 5) is 38.0. The summed E-state index contributed by atoms with van der Waals surface area (Å²) in [7, 11) is -4.19. The predicted molar refractivity (Wildman–Crippen MR) is 159 cm³/mol. The van der Waals surface area contributed by atoms with Gasteiger partial charge in [0.25, 0.3) is 21.8 Å². The molecule has 3 aromatic rings. The Hall–Kier alpha value is -3.95. The topological polar surface area (TPSA) is 168 Å². The number of sulfonamides is 1. The van der Waals surface area contributed by atoms with E-state index in [1.54, 1.807) is 13.8 Å². The van der Waals surface area contributed by atoms with Crippen molar-refractivity contribution in [3.63, 3.8) is 0 Å². The van der Waals surface area contributed by atoms with Crippen molar-refractivity contribution in [2.75, 3.05) is 11.9 Å². The van der Waals surface area contributed by atoms with Gasteiger partial charge in [0.2, 0.25) is 0 Å². The lowest BCUT2D eigenvalue weighted by molar-refractivity contribution is -0.121. The number of hydrogen-bond acceptors (Lipinski definition) is 8. The van der Waals surface area contributed by atoms with Crippen LogP contribution < -0.4 is 20.5 Å². The van der Waals surface area contributed by atoms with Gasteiger partial charge in [0.15, 0.2) is 12.4 Å². The van der Waals surface area contributed by atoms with E-state index in [9.17, 15) is 28.1 Å². The van der Waals surface area contributed by atoms with E-state index >= 15 is 0 Å².